The van der Waals surface area contributed by atoms with Crippen LogP contribution in [0.1, 0.15) is 40.5 Å². The molecule has 3 rings (SSSR count). The number of fused-ring (bicyclic) bond motifs is 3. The van der Waals surface area contributed by atoms with Crippen molar-refractivity contribution in [1.29, 1.82) is 0 Å². The molecule has 0 aliphatic carbocycles. The van der Waals surface area contributed by atoms with Crippen LogP contribution in [0.2, 0.25) is 5.02 Å². The summed E-state index contributed by atoms with van der Waals surface area (Å²) in [6.07, 6.45) is 0.834. The van der Waals surface area contributed by atoms with E-state index in [1.807, 2.05) is 74.7 Å². The molecule has 9 heteroatoms. The van der Waals surface area contributed by atoms with Crippen LogP contribution in [0.15, 0.2) is 42.5 Å². The van der Waals surface area contributed by atoms with E-state index in [-0.39, 0.29) is 24.3 Å². The van der Waals surface area contributed by atoms with Gasteiger partial charge in [-0.05, 0) is 42.9 Å². The first-order chi connectivity index (χ1) is 16.1. The highest BCUT2D eigenvalue weighted by molar-refractivity contribution is 6.43. The van der Waals surface area contributed by atoms with Gasteiger partial charge in [0.2, 0.25) is 11.8 Å². The highest BCUT2D eigenvalue weighted by Crippen LogP contribution is 2.30. The SMILES string of the molecule is CC(C)C[C@H](NC(=O)[C@H](CC(C)C)NC(=O)Cn1c2ccccc2c2ccc(Cl)cc21)B(O)O. The van der Waals surface area contributed by atoms with Gasteiger partial charge < -0.3 is 25.2 Å². The Bertz CT molecular complexity index is 1160. The zero-order valence-corrected chi connectivity index (χ0v) is 20.8. The summed E-state index contributed by atoms with van der Waals surface area (Å²) in [6, 6.07) is 12.6. The number of aromatic nitrogens is 1. The van der Waals surface area contributed by atoms with Crippen LogP contribution < -0.4 is 10.6 Å². The number of amides is 2. The number of nitrogens with zero attached hydrogens (tertiary/aromatic N) is 1. The summed E-state index contributed by atoms with van der Waals surface area (Å²) in [7, 11) is -1.68. The molecule has 0 spiro atoms. The zero-order valence-electron chi connectivity index (χ0n) is 20.1. The number of rotatable bonds is 10. The molecule has 0 fully saturated rings. The van der Waals surface area contributed by atoms with Gasteiger partial charge in [0.05, 0.1) is 11.5 Å². The van der Waals surface area contributed by atoms with Gasteiger partial charge in [0, 0.05) is 21.3 Å². The van der Waals surface area contributed by atoms with Crippen molar-refractivity contribution in [2.45, 2.75) is 59.1 Å². The Balaban J connectivity index is 1.83. The van der Waals surface area contributed by atoms with E-state index in [1.54, 1.807) is 0 Å². The minimum Gasteiger partial charge on any atom is -0.426 e. The molecule has 3 aromatic rings. The molecule has 0 saturated carbocycles. The second kappa shape index (κ2) is 11.3. The average Bonchev–Trinajstić information content (AvgIpc) is 3.05. The molecule has 0 aliphatic heterocycles. The molecule has 0 unspecified atom stereocenters. The molecule has 2 amide bonds. The fourth-order valence-corrected chi connectivity index (χ4v) is 4.49. The molecule has 1 heterocycles. The summed E-state index contributed by atoms with van der Waals surface area (Å²) >= 11 is 6.24. The van der Waals surface area contributed by atoms with E-state index in [9.17, 15) is 19.6 Å². The molecule has 4 N–H and O–H groups in total. The Morgan fingerprint density at radius 2 is 1.59 bits per heavy atom. The van der Waals surface area contributed by atoms with Gasteiger partial charge >= 0.3 is 7.12 Å². The Morgan fingerprint density at radius 1 is 0.941 bits per heavy atom. The first-order valence-corrected chi connectivity index (χ1v) is 12.1. The lowest BCUT2D eigenvalue weighted by atomic mass is 9.75. The van der Waals surface area contributed by atoms with Gasteiger partial charge in [0.25, 0.3) is 0 Å². The van der Waals surface area contributed by atoms with Crippen molar-refractivity contribution in [3.05, 3.63) is 47.5 Å². The molecule has 0 saturated heterocycles. The lowest BCUT2D eigenvalue weighted by Gasteiger charge is -2.25. The monoisotopic (exact) mass is 485 g/mol. The van der Waals surface area contributed by atoms with Gasteiger partial charge in [-0.2, -0.15) is 0 Å². The minimum atomic E-state index is -1.68. The quantitative estimate of drug-likeness (QED) is 0.330. The largest absolute Gasteiger partial charge is 0.475 e. The maximum atomic E-state index is 13.1. The maximum absolute atomic E-state index is 13.1. The van der Waals surface area contributed by atoms with E-state index >= 15 is 0 Å². The van der Waals surface area contributed by atoms with Crippen molar-refractivity contribution in [2.75, 3.05) is 0 Å². The normalized spacial score (nSPS) is 13.4. The molecule has 2 atom stereocenters. The van der Waals surface area contributed by atoms with Crippen LogP contribution >= 0.6 is 11.6 Å². The lowest BCUT2D eigenvalue weighted by molar-refractivity contribution is -0.129. The predicted molar refractivity (Wildman–Crippen MR) is 137 cm³/mol. The van der Waals surface area contributed by atoms with Crippen LogP contribution in [0.4, 0.5) is 0 Å². The second-order valence-electron chi connectivity index (χ2n) is 9.67. The smallest absolute Gasteiger partial charge is 0.426 e. The molecule has 7 nitrogen and oxygen atoms in total. The van der Waals surface area contributed by atoms with Gasteiger partial charge in [-0.25, -0.2) is 0 Å². The first-order valence-electron chi connectivity index (χ1n) is 11.7. The summed E-state index contributed by atoms with van der Waals surface area (Å²) in [5, 5.41) is 27.5. The topological polar surface area (TPSA) is 104 Å². The van der Waals surface area contributed by atoms with Crippen LogP contribution in [0.3, 0.4) is 0 Å². The molecule has 0 bridgehead atoms. The van der Waals surface area contributed by atoms with Crippen molar-refractivity contribution in [3.8, 4) is 0 Å². The van der Waals surface area contributed by atoms with Crippen LogP contribution in [-0.4, -0.2) is 45.5 Å². The van der Waals surface area contributed by atoms with Crippen LogP contribution in [0, 0.1) is 11.8 Å². The average molecular weight is 486 g/mol. The summed E-state index contributed by atoms with van der Waals surface area (Å²) in [5.41, 5.74) is 1.74. The molecule has 34 heavy (non-hydrogen) atoms. The zero-order chi connectivity index (χ0) is 25.0. The van der Waals surface area contributed by atoms with E-state index in [0.29, 0.717) is 17.9 Å². The molecule has 182 valence electrons. The van der Waals surface area contributed by atoms with Gasteiger partial charge in [-0.1, -0.05) is 63.6 Å². The molecule has 0 aliphatic rings. The van der Waals surface area contributed by atoms with Gasteiger partial charge in [-0.3, -0.25) is 9.59 Å². The fourth-order valence-electron chi connectivity index (χ4n) is 4.33. The molecular formula is C25H33BClN3O4. The number of hydrogen-bond acceptors (Lipinski definition) is 4. The van der Waals surface area contributed by atoms with Gasteiger partial charge in [0.1, 0.15) is 12.6 Å². The summed E-state index contributed by atoms with van der Waals surface area (Å²) in [6.45, 7) is 7.83. The summed E-state index contributed by atoms with van der Waals surface area (Å²) in [5.74, 6) is -1.24. The number of benzene rings is 2. The summed E-state index contributed by atoms with van der Waals surface area (Å²) in [4.78, 5) is 26.1. The highest BCUT2D eigenvalue weighted by Gasteiger charge is 2.30. The van der Waals surface area contributed by atoms with Crippen LogP contribution in [0.5, 0.6) is 0 Å². The van der Waals surface area contributed by atoms with Crippen molar-refractivity contribution < 1.29 is 19.6 Å². The van der Waals surface area contributed by atoms with Crippen LogP contribution in [-0.2, 0) is 16.1 Å². The maximum Gasteiger partial charge on any atom is 0.475 e. The van der Waals surface area contributed by atoms with E-state index in [0.717, 1.165) is 21.8 Å². The van der Waals surface area contributed by atoms with Gasteiger partial charge in [0.15, 0.2) is 0 Å². The predicted octanol–water partition coefficient (Wildman–Crippen LogP) is 3.52. The summed E-state index contributed by atoms with van der Waals surface area (Å²) < 4.78 is 1.90. The van der Waals surface area contributed by atoms with Gasteiger partial charge in [-0.15, -0.1) is 0 Å². The highest BCUT2D eigenvalue weighted by atomic mass is 35.5. The second-order valence-corrected chi connectivity index (χ2v) is 10.1. The van der Waals surface area contributed by atoms with Crippen molar-refractivity contribution >= 4 is 52.3 Å². The van der Waals surface area contributed by atoms with Crippen molar-refractivity contribution in [1.82, 2.24) is 15.2 Å². The number of carbonyl (C=O) groups is 2. The van der Waals surface area contributed by atoms with E-state index in [1.165, 1.54) is 0 Å². The standard InChI is InChI=1S/C25H33BClN3O4/c1-15(2)11-20(25(32)29-23(26(33)34)12-16(3)4)28-24(31)14-30-21-8-6-5-7-18(21)19-10-9-17(27)13-22(19)30/h5-10,13,15-16,20,23,33-34H,11-12,14H2,1-4H3,(H,28,31)(H,29,32)/t20-,23-/m0/s1. The Hall–Kier alpha value is -2.55. The Kier molecular flexibility index (Phi) is 8.63. The number of carbonyl (C=O) groups excluding carboxylic acids is 2. The molecule has 2 aromatic carbocycles. The number of halogens is 1. The van der Waals surface area contributed by atoms with Crippen molar-refractivity contribution in [2.24, 2.45) is 11.8 Å². The third kappa shape index (κ3) is 6.31. The Morgan fingerprint density at radius 3 is 2.24 bits per heavy atom. The lowest BCUT2D eigenvalue weighted by Crippen LogP contribution is -2.55. The third-order valence-electron chi connectivity index (χ3n) is 5.81. The molecule has 0 radical (unpaired) electrons. The van der Waals surface area contributed by atoms with Crippen LogP contribution in [0.25, 0.3) is 21.8 Å². The molecular weight excluding hydrogens is 453 g/mol. The Labute approximate surface area is 205 Å². The number of hydrogen-bond donors (Lipinski definition) is 4. The fraction of sp³-hybridized carbons (Fsp3) is 0.440. The van der Waals surface area contributed by atoms with E-state index in [4.69, 9.17) is 11.6 Å². The number of para-hydroxylation sites is 1. The number of nitrogens with one attached hydrogen (secondary N) is 2. The van der Waals surface area contributed by atoms with E-state index in [2.05, 4.69) is 10.6 Å². The third-order valence-corrected chi connectivity index (χ3v) is 6.04. The molecule has 1 aromatic heterocycles. The van der Waals surface area contributed by atoms with E-state index < -0.39 is 25.0 Å². The first kappa shape index (κ1) is 26.1. The van der Waals surface area contributed by atoms with Crippen molar-refractivity contribution in [3.63, 3.8) is 0 Å². The minimum absolute atomic E-state index is 0.0181.